The Hall–Kier alpha value is -3.08. The summed E-state index contributed by atoms with van der Waals surface area (Å²) in [5.41, 5.74) is 1.43. The Balaban J connectivity index is 2.02. The predicted octanol–water partition coefficient (Wildman–Crippen LogP) is 4.45. The maximum Gasteiger partial charge on any atom is 0.344 e. The number of rotatable bonds is 3. The SMILES string of the molecule is COc1ccc(-c2cc3cc(NC(=O)C(C)(C)C)ccc3oc2=O)cc1. The van der Waals surface area contributed by atoms with Crippen LogP contribution in [0.5, 0.6) is 5.75 Å². The highest BCUT2D eigenvalue weighted by Crippen LogP contribution is 2.26. The minimum absolute atomic E-state index is 0.0791. The van der Waals surface area contributed by atoms with Gasteiger partial charge in [-0.15, -0.1) is 0 Å². The second-order valence-electron chi connectivity index (χ2n) is 7.13. The van der Waals surface area contributed by atoms with Gasteiger partial charge in [0.2, 0.25) is 5.91 Å². The summed E-state index contributed by atoms with van der Waals surface area (Å²) in [5.74, 6) is 0.635. The zero-order chi connectivity index (χ0) is 18.9. The number of amides is 1. The highest BCUT2D eigenvalue weighted by molar-refractivity contribution is 5.96. The summed E-state index contributed by atoms with van der Waals surface area (Å²) in [6.45, 7) is 5.55. The molecule has 134 valence electrons. The van der Waals surface area contributed by atoms with Crippen LogP contribution in [0, 0.1) is 5.41 Å². The molecule has 0 saturated heterocycles. The van der Waals surface area contributed by atoms with Crippen LogP contribution >= 0.6 is 0 Å². The highest BCUT2D eigenvalue weighted by Gasteiger charge is 2.21. The molecule has 0 aliphatic carbocycles. The van der Waals surface area contributed by atoms with Gasteiger partial charge in [0.25, 0.3) is 0 Å². The molecule has 1 heterocycles. The highest BCUT2D eigenvalue weighted by atomic mass is 16.5. The van der Waals surface area contributed by atoms with Crippen LogP contribution in [0.2, 0.25) is 0 Å². The Kier molecular flexibility index (Phi) is 4.55. The molecule has 26 heavy (non-hydrogen) atoms. The van der Waals surface area contributed by atoms with Crippen molar-refractivity contribution < 1.29 is 13.9 Å². The molecule has 1 N–H and O–H groups in total. The van der Waals surface area contributed by atoms with E-state index in [4.69, 9.17) is 9.15 Å². The number of benzene rings is 2. The number of hydrogen-bond donors (Lipinski definition) is 1. The molecule has 0 unspecified atom stereocenters. The second kappa shape index (κ2) is 6.67. The number of anilines is 1. The summed E-state index contributed by atoms with van der Waals surface area (Å²) < 4.78 is 10.6. The number of methoxy groups -OCH3 is 1. The van der Waals surface area contributed by atoms with Gasteiger partial charge in [0, 0.05) is 16.5 Å². The van der Waals surface area contributed by atoms with Gasteiger partial charge in [0.05, 0.1) is 12.7 Å². The van der Waals surface area contributed by atoms with E-state index in [1.54, 1.807) is 43.5 Å². The summed E-state index contributed by atoms with van der Waals surface area (Å²) in [6, 6.07) is 14.2. The average molecular weight is 351 g/mol. The third-order valence-electron chi connectivity index (χ3n) is 4.07. The summed E-state index contributed by atoms with van der Waals surface area (Å²) in [5, 5.41) is 3.63. The number of carbonyl (C=O) groups excluding carboxylic acids is 1. The van der Waals surface area contributed by atoms with E-state index >= 15 is 0 Å². The molecule has 0 saturated carbocycles. The van der Waals surface area contributed by atoms with Crippen molar-refractivity contribution in [3.05, 3.63) is 59.0 Å². The fourth-order valence-corrected chi connectivity index (χ4v) is 2.49. The van der Waals surface area contributed by atoms with Gasteiger partial charge < -0.3 is 14.5 Å². The number of nitrogens with one attached hydrogen (secondary N) is 1. The lowest BCUT2D eigenvalue weighted by Crippen LogP contribution is -2.27. The average Bonchev–Trinajstić information content (AvgIpc) is 2.60. The molecule has 2 aromatic carbocycles. The minimum atomic E-state index is -0.494. The first-order valence-corrected chi connectivity index (χ1v) is 8.32. The molecule has 0 aliphatic heterocycles. The van der Waals surface area contributed by atoms with Crippen molar-refractivity contribution in [3.8, 4) is 16.9 Å². The van der Waals surface area contributed by atoms with Crippen LogP contribution in [0.25, 0.3) is 22.1 Å². The molecule has 1 amide bonds. The normalized spacial score (nSPS) is 11.4. The molecule has 3 aromatic rings. The Bertz CT molecular complexity index is 1010. The van der Waals surface area contributed by atoms with E-state index in [-0.39, 0.29) is 5.91 Å². The van der Waals surface area contributed by atoms with E-state index in [1.165, 1.54) is 0 Å². The Morgan fingerprint density at radius 3 is 2.35 bits per heavy atom. The fraction of sp³-hybridized carbons (Fsp3) is 0.238. The quantitative estimate of drug-likeness (QED) is 0.708. The molecular formula is C21H21NO4. The number of carbonyl (C=O) groups is 1. The third kappa shape index (κ3) is 3.61. The van der Waals surface area contributed by atoms with E-state index in [9.17, 15) is 9.59 Å². The van der Waals surface area contributed by atoms with E-state index in [0.717, 1.165) is 10.9 Å². The first kappa shape index (κ1) is 17.7. The maximum atomic E-state index is 12.3. The minimum Gasteiger partial charge on any atom is -0.497 e. The van der Waals surface area contributed by atoms with Crippen molar-refractivity contribution in [2.24, 2.45) is 5.41 Å². The van der Waals surface area contributed by atoms with Crippen LogP contribution < -0.4 is 15.7 Å². The summed E-state index contributed by atoms with van der Waals surface area (Å²) in [7, 11) is 1.59. The Morgan fingerprint density at radius 2 is 1.73 bits per heavy atom. The molecule has 3 rings (SSSR count). The third-order valence-corrected chi connectivity index (χ3v) is 4.07. The molecule has 0 fully saturated rings. The number of fused-ring (bicyclic) bond motifs is 1. The largest absolute Gasteiger partial charge is 0.497 e. The van der Waals surface area contributed by atoms with Crippen molar-refractivity contribution in [1.82, 2.24) is 0 Å². The Morgan fingerprint density at radius 1 is 1.04 bits per heavy atom. The standard InChI is InChI=1S/C21H21NO4/c1-21(2,3)20(24)22-15-7-10-18-14(11-15)12-17(19(23)26-18)13-5-8-16(25-4)9-6-13/h5-12H,1-4H3,(H,22,24). The van der Waals surface area contributed by atoms with Gasteiger partial charge in [-0.3, -0.25) is 4.79 Å². The molecule has 0 atom stereocenters. The van der Waals surface area contributed by atoms with E-state index in [1.807, 2.05) is 32.9 Å². The lowest BCUT2D eigenvalue weighted by molar-refractivity contribution is -0.123. The summed E-state index contributed by atoms with van der Waals surface area (Å²) >= 11 is 0. The smallest absolute Gasteiger partial charge is 0.344 e. The first-order chi connectivity index (χ1) is 12.3. The molecule has 0 radical (unpaired) electrons. The molecule has 0 bridgehead atoms. The van der Waals surface area contributed by atoms with E-state index < -0.39 is 11.0 Å². The van der Waals surface area contributed by atoms with E-state index in [2.05, 4.69) is 5.32 Å². The van der Waals surface area contributed by atoms with Crippen molar-refractivity contribution in [1.29, 1.82) is 0 Å². The lowest BCUT2D eigenvalue weighted by Gasteiger charge is -2.17. The predicted molar refractivity (Wildman–Crippen MR) is 103 cm³/mol. The van der Waals surface area contributed by atoms with Gasteiger partial charge in [-0.05, 0) is 42.0 Å². The monoisotopic (exact) mass is 351 g/mol. The topological polar surface area (TPSA) is 68.5 Å². The molecule has 1 aromatic heterocycles. The molecule has 5 nitrogen and oxygen atoms in total. The lowest BCUT2D eigenvalue weighted by atomic mass is 9.95. The zero-order valence-corrected chi connectivity index (χ0v) is 15.3. The Labute approximate surface area is 151 Å². The van der Waals surface area contributed by atoms with Crippen molar-refractivity contribution >= 4 is 22.6 Å². The van der Waals surface area contributed by atoms with Crippen LogP contribution in [0.1, 0.15) is 20.8 Å². The van der Waals surface area contributed by atoms with Crippen molar-refractivity contribution in [3.63, 3.8) is 0 Å². The van der Waals surface area contributed by atoms with Crippen LogP contribution in [0.4, 0.5) is 5.69 Å². The molecule has 0 spiro atoms. The van der Waals surface area contributed by atoms with Gasteiger partial charge in [-0.2, -0.15) is 0 Å². The van der Waals surface area contributed by atoms with Crippen molar-refractivity contribution in [2.75, 3.05) is 12.4 Å². The molecule has 5 heteroatoms. The summed E-state index contributed by atoms with van der Waals surface area (Å²) in [4.78, 5) is 24.5. The summed E-state index contributed by atoms with van der Waals surface area (Å²) in [6.07, 6.45) is 0. The van der Waals surface area contributed by atoms with Crippen LogP contribution in [-0.4, -0.2) is 13.0 Å². The second-order valence-corrected chi connectivity index (χ2v) is 7.13. The van der Waals surface area contributed by atoms with Crippen LogP contribution in [0.15, 0.2) is 57.7 Å². The van der Waals surface area contributed by atoms with Crippen molar-refractivity contribution in [2.45, 2.75) is 20.8 Å². The first-order valence-electron chi connectivity index (χ1n) is 8.32. The molecular weight excluding hydrogens is 330 g/mol. The van der Waals surface area contributed by atoms with Gasteiger partial charge >= 0.3 is 5.63 Å². The van der Waals surface area contributed by atoms with Crippen LogP contribution in [-0.2, 0) is 4.79 Å². The van der Waals surface area contributed by atoms with Gasteiger partial charge in [-0.25, -0.2) is 4.79 Å². The van der Waals surface area contributed by atoms with E-state index in [0.29, 0.717) is 22.6 Å². The molecule has 0 aliphatic rings. The fourth-order valence-electron chi connectivity index (χ4n) is 2.49. The van der Waals surface area contributed by atoms with Gasteiger partial charge in [0.1, 0.15) is 11.3 Å². The maximum absolute atomic E-state index is 12.3. The van der Waals surface area contributed by atoms with Crippen LogP contribution in [0.3, 0.4) is 0 Å². The zero-order valence-electron chi connectivity index (χ0n) is 15.3. The van der Waals surface area contributed by atoms with Gasteiger partial charge in [0.15, 0.2) is 0 Å². The number of hydrogen-bond acceptors (Lipinski definition) is 4. The number of ether oxygens (including phenoxy) is 1. The van der Waals surface area contributed by atoms with Gasteiger partial charge in [-0.1, -0.05) is 32.9 Å².